The summed E-state index contributed by atoms with van der Waals surface area (Å²) in [5, 5.41) is 4.83. The highest BCUT2D eigenvalue weighted by atomic mass is 35.5. The summed E-state index contributed by atoms with van der Waals surface area (Å²) >= 11 is 8.05. The maximum atomic E-state index is 12.6. The minimum absolute atomic E-state index is 0. The van der Waals surface area contributed by atoms with Gasteiger partial charge >= 0.3 is 0 Å². The Morgan fingerprint density at radius 3 is 2.78 bits per heavy atom. The van der Waals surface area contributed by atoms with Crippen molar-refractivity contribution in [2.45, 2.75) is 26.4 Å². The standard InChI is InChI=1S/C26H24ClN5O2S.ClH/c1-15-5-4-6-17(30-15)13-34-22-10-7-16(11-20(22)27)31-25-23-18-8-9-21(33)19(12-32(2)3)24(18)35-26(23)29-14-28-25;/h4-7,10-12,14H,8-9,13H2,1-3H3,(H,28,29,31);1H/b19-12-;. The van der Waals surface area contributed by atoms with Crippen molar-refractivity contribution >= 4 is 68.4 Å². The molecule has 0 aliphatic heterocycles. The Bertz CT molecular complexity index is 1470. The number of pyridine rings is 1. The summed E-state index contributed by atoms with van der Waals surface area (Å²) in [5.41, 5.74) is 4.41. The van der Waals surface area contributed by atoms with Crippen molar-refractivity contribution in [3.05, 3.63) is 75.8 Å². The molecule has 0 amide bonds. The van der Waals surface area contributed by atoms with Gasteiger partial charge in [-0.3, -0.25) is 9.78 Å². The van der Waals surface area contributed by atoms with Gasteiger partial charge in [-0.15, -0.1) is 23.7 Å². The molecule has 4 aromatic rings. The van der Waals surface area contributed by atoms with Gasteiger partial charge in [0.2, 0.25) is 0 Å². The molecule has 3 heterocycles. The normalized spacial score (nSPS) is 13.9. The summed E-state index contributed by atoms with van der Waals surface area (Å²) in [7, 11) is 3.84. The first-order valence-corrected chi connectivity index (χ1v) is 12.4. The molecule has 36 heavy (non-hydrogen) atoms. The number of Topliss-reactive ketones (excluding diaryl/α,β-unsaturated/α-hetero) is 1. The first kappa shape index (κ1) is 25.9. The molecule has 0 fully saturated rings. The zero-order valence-electron chi connectivity index (χ0n) is 20.0. The number of nitrogens with zero attached hydrogens (tertiary/aromatic N) is 4. The van der Waals surface area contributed by atoms with Crippen LogP contribution in [0.25, 0.3) is 15.8 Å². The van der Waals surface area contributed by atoms with Crippen LogP contribution in [0.4, 0.5) is 11.5 Å². The topological polar surface area (TPSA) is 80.2 Å². The Balaban J connectivity index is 0.00000304. The first-order valence-electron chi connectivity index (χ1n) is 11.2. The lowest BCUT2D eigenvalue weighted by molar-refractivity contribution is -0.113. The summed E-state index contributed by atoms with van der Waals surface area (Å²) in [4.78, 5) is 29.8. The molecule has 1 N–H and O–H groups in total. The van der Waals surface area contributed by atoms with Gasteiger partial charge in [0.25, 0.3) is 0 Å². The quantitative estimate of drug-likeness (QED) is 0.290. The predicted molar refractivity (Wildman–Crippen MR) is 148 cm³/mol. The maximum Gasteiger partial charge on any atom is 0.166 e. The lowest BCUT2D eigenvalue weighted by Crippen LogP contribution is -2.14. The van der Waals surface area contributed by atoms with Gasteiger partial charge in [0.1, 0.15) is 29.3 Å². The van der Waals surface area contributed by atoms with Crippen molar-refractivity contribution in [1.29, 1.82) is 0 Å². The molecule has 1 aliphatic carbocycles. The number of benzene rings is 1. The predicted octanol–water partition coefficient (Wildman–Crippen LogP) is 6.21. The number of hydrogen-bond donors (Lipinski definition) is 1. The van der Waals surface area contributed by atoms with E-state index in [9.17, 15) is 4.79 Å². The molecule has 1 aliphatic rings. The number of aromatic nitrogens is 3. The average molecular weight is 542 g/mol. The van der Waals surface area contributed by atoms with Crippen LogP contribution in [0.1, 0.15) is 28.2 Å². The molecule has 5 rings (SSSR count). The summed E-state index contributed by atoms with van der Waals surface area (Å²) in [6.07, 6.45) is 4.57. The van der Waals surface area contributed by atoms with E-state index >= 15 is 0 Å². The maximum absolute atomic E-state index is 12.6. The largest absolute Gasteiger partial charge is 0.486 e. The Morgan fingerprint density at radius 1 is 1.19 bits per heavy atom. The van der Waals surface area contributed by atoms with Crippen LogP contribution in [0.15, 0.2) is 48.9 Å². The molecule has 7 nitrogen and oxygen atoms in total. The Hall–Kier alpha value is -3.20. The Kier molecular flexibility index (Phi) is 7.78. The van der Waals surface area contributed by atoms with Gasteiger partial charge in [0.15, 0.2) is 5.78 Å². The highest BCUT2D eigenvalue weighted by Crippen LogP contribution is 2.42. The minimum Gasteiger partial charge on any atom is -0.486 e. The number of anilines is 2. The zero-order chi connectivity index (χ0) is 24.5. The number of allylic oxidation sites excluding steroid dienone is 1. The highest BCUT2D eigenvalue weighted by molar-refractivity contribution is 7.20. The third-order valence-corrected chi connectivity index (χ3v) is 7.11. The fourth-order valence-corrected chi connectivity index (χ4v) is 5.55. The molecule has 1 aromatic carbocycles. The first-order chi connectivity index (χ1) is 16.9. The second-order valence-electron chi connectivity index (χ2n) is 8.57. The fraction of sp³-hybridized carbons (Fsp3) is 0.231. The van der Waals surface area contributed by atoms with E-state index in [0.29, 0.717) is 36.0 Å². The Morgan fingerprint density at radius 2 is 2.03 bits per heavy atom. The van der Waals surface area contributed by atoms with Crippen LogP contribution in [0.2, 0.25) is 5.02 Å². The second kappa shape index (κ2) is 10.8. The molecular formula is C26H25Cl2N5O2S. The highest BCUT2D eigenvalue weighted by Gasteiger charge is 2.28. The van der Waals surface area contributed by atoms with Crippen LogP contribution >= 0.6 is 35.3 Å². The van der Waals surface area contributed by atoms with Crippen LogP contribution in [-0.4, -0.2) is 39.7 Å². The summed E-state index contributed by atoms with van der Waals surface area (Å²) in [6.45, 7) is 2.28. The van der Waals surface area contributed by atoms with E-state index in [0.717, 1.165) is 43.3 Å². The minimum atomic E-state index is 0. The number of ether oxygens (including phenoxy) is 1. The van der Waals surface area contributed by atoms with Crippen molar-refractivity contribution in [2.75, 3.05) is 19.4 Å². The zero-order valence-corrected chi connectivity index (χ0v) is 22.4. The number of hydrogen-bond acceptors (Lipinski definition) is 8. The van der Waals surface area contributed by atoms with Crippen molar-refractivity contribution in [3.63, 3.8) is 0 Å². The monoisotopic (exact) mass is 541 g/mol. The number of thiophene rings is 1. The third kappa shape index (κ3) is 5.31. The average Bonchev–Trinajstić information content (AvgIpc) is 3.20. The van der Waals surface area contributed by atoms with Crippen LogP contribution in [0, 0.1) is 6.92 Å². The third-order valence-electron chi connectivity index (χ3n) is 5.64. The van der Waals surface area contributed by atoms with E-state index < -0.39 is 0 Å². The number of carbonyl (C=O) groups excluding carboxylic acids is 1. The molecule has 0 spiro atoms. The van der Waals surface area contributed by atoms with Crippen LogP contribution in [0.5, 0.6) is 5.75 Å². The van der Waals surface area contributed by atoms with E-state index in [-0.39, 0.29) is 18.2 Å². The summed E-state index contributed by atoms with van der Waals surface area (Å²) < 4.78 is 5.88. The molecule has 0 saturated heterocycles. The van der Waals surface area contributed by atoms with Crippen LogP contribution in [0.3, 0.4) is 0 Å². The van der Waals surface area contributed by atoms with E-state index in [1.54, 1.807) is 0 Å². The smallest absolute Gasteiger partial charge is 0.166 e. The number of rotatable bonds is 6. The van der Waals surface area contributed by atoms with Gasteiger partial charge < -0.3 is 15.0 Å². The molecule has 0 unspecified atom stereocenters. The summed E-state index contributed by atoms with van der Waals surface area (Å²) in [5.74, 6) is 1.43. The van der Waals surface area contributed by atoms with Gasteiger partial charge in [0.05, 0.1) is 21.7 Å². The van der Waals surface area contributed by atoms with Crippen molar-refractivity contribution in [3.8, 4) is 5.75 Å². The van der Waals surface area contributed by atoms with Crippen LogP contribution < -0.4 is 10.1 Å². The molecule has 0 saturated carbocycles. The van der Waals surface area contributed by atoms with Crippen molar-refractivity contribution in [1.82, 2.24) is 19.9 Å². The molecular weight excluding hydrogens is 517 g/mol. The molecule has 0 atom stereocenters. The van der Waals surface area contributed by atoms with Crippen molar-refractivity contribution < 1.29 is 9.53 Å². The lowest BCUT2D eigenvalue weighted by atomic mass is 9.92. The van der Waals surface area contributed by atoms with Gasteiger partial charge in [-0.1, -0.05) is 17.7 Å². The van der Waals surface area contributed by atoms with E-state index in [1.807, 2.05) is 68.5 Å². The second-order valence-corrected chi connectivity index (χ2v) is 9.98. The van der Waals surface area contributed by atoms with Gasteiger partial charge in [0, 0.05) is 43.0 Å². The van der Waals surface area contributed by atoms with E-state index in [2.05, 4.69) is 20.3 Å². The molecule has 10 heteroatoms. The van der Waals surface area contributed by atoms with E-state index in [4.69, 9.17) is 16.3 Å². The number of fused-ring (bicyclic) bond motifs is 3. The van der Waals surface area contributed by atoms with Crippen molar-refractivity contribution in [2.24, 2.45) is 0 Å². The van der Waals surface area contributed by atoms with Gasteiger partial charge in [-0.2, -0.15) is 0 Å². The number of nitrogens with one attached hydrogen (secondary N) is 1. The SMILES string of the molecule is Cc1cccc(COc2ccc(Nc3ncnc4sc5c(c34)CCC(=O)/C5=C/N(C)C)cc2Cl)n1.Cl. The molecule has 3 aromatic heterocycles. The summed E-state index contributed by atoms with van der Waals surface area (Å²) in [6, 6.07) is 11.4. The lowest BCUT2D eigenvalue weighted by Gasteiger charge is -2.17. The van der Waals surface area contributed by atoms with E-state index in [1.165, 1.54) is 17.7 Å². The number of halogens is 2. The Labute approximate surface area is 224 Å². The molecule has 186 valence electrons. The van der Waals surface area contributed by atoms with Gasteiger partial charge in [-0.05, 0) is 49.2 Å². The fourth-order valence-electron chi connectivity index (χ4n) is 4.09. The number of aryl methyl sites for hydroxylation is 2. The van der Waals surface area contributed by atoms with Crippen LogP contribution in [-0.2, 0) is 17.8 Å². The number of carbonyl (C=O) groups is 1. The van der Waals surface area contributed by atoms with Gasteiger partial charge in [-0.25, -0.2) is 9.97 Å². The number of ketones is 1. The molecule has 0 radical (unpaired) electrons. The molecule has 0 bridgehead atoms.